The van der Waals surface area contributed by atoms with Crippen LogP contribution < -0.4 is 5.32 Å². The average molecular weight is 271 g/mol. The van der Waals surface area contributed by atoms with Crippen molar-refractivity contribution in [1.29, 1.82) is 0 Å². The summed E-state index contributed by atoms with van der Waals surface area (Å²) in [6.45, 7) is 6.50. The highest BCUT2D eigenvalue weighted by molar-refractivity contribution is 9.10. The van der Waals surface area contributed by atoms with E-state index in [1.54, 1.807) is 0 Å². The topological polar surface area (TPSA) is 24.9 Å². The van der Waals surface area contributed by atoms with E-state index in [-0.39, 0.29) is 0 Å². The van der Waals surface area contributed by atoms with E-state index in [2.05, 4.69) is 46.1 Å². The number of nitrogens with zero attached hydrogens (tertiary/aromatic N) is 1. The van der Waals surface area contributed by atoms with E-state index < -0.39 is 0 Å². The first-order chi connectivity index (χ1) is 7.26. The van der Waals surface area contributed by atoms with Crippen molar-refractivity contribution in [2.75, 3.05) is 6.54 Å². The molecule has 0 fully saturated rings. The quantitative estimate of drug-likeness (QED) is 0.858. The Hall–Kier alpha value is -0.410. The fourth-order valence-corrected chi connectivity index (χ4v) is 1.96. The average Bonchev–Trinajstić information content (AvgIpc) is 2.25. The van der Waals surface area contributed by atoms with E-state index in [0.717, 1.165) is 23.5 Å². The Balaban J connectivity index is 2.31. The van der Waals surface area contributed by atoms with Crippen molar-refractivity contribution in [2.24, 2.45) is 5.92 Å². The Kier molecular flexibility index (Phi) is 5.88. The van der Waals surface area contributed by atoms with Gasteiger partial charge in [-0.15, -0.1) is 0 Å². The molecule has 0 spiro atoms. The highest BCUT2D eigenvalue weighted by Crippen LogP contribution is 2.10. The zero-order valence-corrected chi connectivity index (χ0v) is 11.0. The maximum Gasteiger partial charge on any atom is 0.0410 e. The first-order valence-corrected chi connectivity index (χ1v) is 6.35. The van der Waals surface area contributed by atoms with Crippen molar-refractivity contribution in [3.05, 3.63) is 28.5 Å². The van der Waals surface area contributed by atoms with Crippen molar-refractivity contribution in [3.8, 4) is 0 Å². The monoisotopic (exact) mass is 270 g/mol. The van der Waals surface area contributed by atoms with Gasteiger partial charge in [-0.2, -0.15) is 0 Å². The normalized spacial score (nSPS) is 10.9. The molecule has 1 aromatic rings. The standard InChI is InChI=1S/C12H19BrN2/c1-3-10(4-2)6-14-7-11-5-12(13)9-15-8-11/h5,8-10,14H,3-4,6-7H2,1-2H3. The highest BCUT2D eigenvalue weighted by Gasteiger charge is 2.02. The lowest BCUT2D eigenvalue weighted by Crippen LogP contribution is -2.21. The van der Waals surface area contributed by atoms with Crippen LogP contribution in [0.5, 0.6) is 0 Å². The number of halogens is 1. The summed E-state index contributed by atoms with van der Waals surface area (Å²) >= 11 is 3.42. The van der Waals surface area contributed by atoms with E-state index in [1.165, 1.54) is 18.4 Å². The first-order valence-electron chi connectivity index (χ1n) is 5.56. The van der Waals surface area contributed by atoms with Crippen LogP contribution in [0, 0.1) is 5.92 Å². The van der Waals surface area contributed by atoms with Gasteiger partial charge in [0.25, 0.3) is 0 Å². The molecule has 0 aliphatic rings. The number of hydrogen-bond donors (Lipinski definition) is 1. The zero-order valence-electron chi connectivity index (χ0n) is 9.46. The molecule has 0 saturated carbocycles. The summed E-state index contributed by atoms with van der Waals surface area (Å²) < 4.78 is 1.05. The van der Waals surface area contributed by atoms with Crippen LogP contribution in [-0.2, 0) is 6.54 Å². The predicted molar refractivity (Wildman–Crippen MR) is 67.7 cm³/mol. The Bertz CT molecular complexity index is 285. The van der Waals surface area contributed by atoms with Gasteiger partial charge in [0.2, 0.25) is 0 Å². The van der Waals surface area contributed by atoms with E-state index in [0.29, 0.717) is 0 Å². The molecule has 0 saturated heterocycles. The van der Waals surface area contributed by atoms with Gasteiger partial charge in [-0.3, -0.25) is 4.98 Å². The molecule has 15 heavy (non-hydrogen) atoms. The molecule has 0 radical (unpaired) electrons. The van der Waals surface area contributed by atoms with Crippen LogP contribution in [0.3, 0.4) is 0 Å². The van der Waals surface area contributed by atoms with Crippen molar-refractivity contribution in [1.82, 2.24) is 10.3 Å². The second-order valence-electron chi connectivity index (χ2n) is 3.82. The third-order valence-electron chi connectivity index (χ3n) is 2.68. The Morgan fingerprint density at radius 2 is 2.07 bits per heavy atom. The first kappa shape index (κ1) is 12.7. The maximum atomic E-state index is 4.14. The number of pyridine rings is 1. The van der Waals surface area contributed by atoms with Gasteiger partial charge in [-0.05, 0) is 40.0 Å². The molecule has 0 unspecified atom stereocenters. The minimum atomic E-state index is 0.796. The van der Waals surface area contributed by atoms with Crippen molar-refractivity contribution >= 4 is 15.9 Å². The molecule has 0 amide bonds. The summed E-state index contributed by atoms with van der Waals surface area (Å²) in [6, 6.07) is 2.10. The molecule has 1 rings (SSSR count). The van der Waals surface area contributed by atoms with Gasteiger partial charge >= 0.3 is 0 Å². The molecule has 2 nitrogen and oxygen atoms in total. The van der Waals surface area contributed by atoms with Gasteiger partial charge in [0.1, 0.15) is 0 Å². The molecule has 0 atom stereocenters. The van der Waals surface area contributed by atoms with Crippen LogP contribution in [0.1, 0.15) is 32.3 Å². The van der Waals surface area contributed by atoms with Gasteiger partial charge in [-0.25, -0.2) is 0 Å². The molecule has 1 aromatic heterocycles. The molecule has 0 aliphatic carbocycles. The predicted octanol–water partition coefficient (Wildman–Crippen LogP) is 3.37. The van der Waals surface area contributed by atoms with Crippen molar-refractivity contribution in [3.63, 3.8) is 0 Å². The van der Waals surface area contributed by atoms with Crippen LogP contribution in [0.4, 0.5) is 0 Å². The zero-order chi connectivity index (χ0) is 11.1. The maximum absolute atomic E-state index is 4.14. The fourth-order valence-electron chi connectivity index (χ4n) is 1.55. The van der Waals surface area contributed by atoms with Gasteiger partial charge in [0, 0.05) is 23.4 Å². The molecule has 1 heterocycles. The SMILES string of the molecule is CCC(CC)CNCc1cncc(Br)c1. The second kappa shape index (κ2) is 6.96. The number of hydrogen-bond acceptors (Lipinski definition) is 2. The molecule has 1 N–H and O–H groups in total. The van der Waals surface area contributed by atoms with Gasteiger partial charge in [-0.1, -0.05) is 26.7 Å². The summed E-state index contributed by atoms with van der Waals surface area (Å²) in [5.74, 6) is 0.796. The minimum absolute atomic E-state index is 0.796. The van der Waals surface area contributed by atoms with E-state index in [4.69, 9.17) is 0 Å². The molecule has 84 valence electrons. The number of rotatable bonds is 6. The Morgan fingerprint density at radius 1 is 1.33 bits per heavy atom. The lowest BCUT2D eigenvalue weighted by atomic mass is 10.0. The lowest BCUT2D eigenvalue weighted by molar-refractivity contribution is 0.449. The fraction of sp³-hybridized carbons (Fsp3) is 0.583. The molecule has 3 heteroatoms. The van der Waals surface area contributed by atoms with Gasteiger partial charge < -0.3 is 5.32 Å². The smallest absolute Gasteiger partial charge is 0.0410 e. The molecular weight excluding hydrogens is 252 g/mol. The van der Waals surface area contributed by atoms with Gasteiger partial charge in [0.05, 0.1) is 0 Å². The molecule has 0 bridgehead atoms. The number of aromatic nitrogens is 1. The largest absolute Gasteiger partial charge is 0.312 e. The third-order valence-corrected chi connectivity index (χ3v) is 3.11. The van der Waals surface area contributed by atoms with Crippen LogP contribution in [-0.4, -0.2) is 11.5 Å². The molecule has 0 aliphatic heterocycles. The van der Waals surface area contributed by atoms with E-state index in [1.807, 2.05) is 12.4 Å². The van der Waals surface area contributed by atoms with Crippen molar-refractivity contribution < 1.29 is 0 Å². The third kappa shape index (κ3) is 4.76. The number of nitrogens with one attached hydrogen (secondary N) is 1. The summed E-state index contributed by atoms with van der Waals surface area (Å²) in [5, 5.41) is 3.47. The lowest BCUT2D eigenvalue weighted by Gasteiger charge is -2.13. The van der Waals surface area contributed by atoms with Crippen molar-refractivity contribution in [2.45, 2.75) is 33.2 Å². The Labute approximate surface area is 101 Å². The minimum Gasteiger partial charge on any atom is -0.312 e. The van der Waals surface area contributed by atoms with Gasteiger partial charge in [0.15, 0.2) is 0 Å². The summed E-state index contributed by atoms with van der Waals surface area (Å²) in [4.78, 5) is 4.14. The highest BCUT2D eigenvalue weighted by atomic mass is 79.9. The second-order valence-corrected chi connectivity index (χ2v) is 4.74. The summed E-state index contributed by atoms with van der Waals surface area (Å²) in [7, 11) is 0. The summed E-state index contributed by atoms with van der Waals surface area (Å²) in [6.07, 6.45) is 6.22. The molecule has 0 aromatic carbocycles. The van der Waals surface area contributed by atoms with E-state index >= 15 is 0 Å². The van der Waals surface area contributed by atoms with Crippen LogP contribution in [0.15, 0.2) is 22.9 Å². The summed E-state index contributed by atoms with van der Waals surface area (Å²) in [5.41, 5.74) is 1.23. The Morgan fingerprint density at radius 3 is 2.67 bits per heavy atom. The van der Waals surface area contributed by atoms with Crippen LogP contribution >= 0.6 is 15.9 Å². The van der Waals surface area contributed by atoms with Crippen LogP contribution in [0.2, 0.25) is 0 Å². The van der Waals surface area contributed by atoms with E-state index in [9.17, 15) is 0 Å². The molecular formula is C12H19BrN2. The van der Waals surface area contributed by atoms with Crippen LogP contribution in [0.25, 0.3) is 0 Å².